The summed E-state index contributed by atoms with van der Waals surface area (Å²) in [5, 5.41) is 13.2. The topological polar surface area (TPSA) is 84.7 Å². The quantitative estimate of drug-likeness (QED) is 0.818. The van der Waals surface area contributed by atoms with Gasteiger partial charge in [0.2, 0.25) is 0 Å². The average molecular weight is 344 g/mol. The van der Waals surface area contributed by atoms with Gasteiger partial charge in [0.15, 0.2) is 0 Å². The number of aliphatic carboxylic acids is 1. The maximum absolute atomic E-state index is 11.7. The summed E-state index contributed by atoms with van der Waals surface area (Å²) in [5.41, 5.74) is -0.717. The second-order valence-electron chi connectivity index (χ2n) is 4.60. The predicted molar refractivity (Wildman–Crippen MR) is 73.3 cm³/mol. The van der Waals surface area contributed by atoms with Crippen molar-refractivity contribution < 1.29 is 19.4 Å². The van der Waals surface area contributed by atoms with Crippen LogP contribution in [-0.2, 0) is 15.1 Å². The highest BCUT2D eigenvalue weighted by molar-refractivity contribution is 9.10. The van der Waals surface area contributed by atoms with Crippen molar-refractivity contribution in [2.45, 2.75) is 12.0 Å². The third kappa shape index (κ3) is 2.84. The van der Waals surface area contributed by atoms with Crippen molar-refractivity contribution in [3.8, 4) is 0 Å². The van der Waals surface area contributed by atoms with Gasteiger partial charge in [0, 0.05) is 6.20 Å². The normalized spacial score (nSPS) is 16.4. The van der Waals surface area contributed by atoms with Crippen LogP contribution in [0.5, 0.6) is 0 Å². The molecule has 0 saturated carbocycles. The second-order valence-corrected chi connectivity index (χ2v) is 5.41. The summed E-state index contributed by atoms with van der Waals surface area (Å²) in [7, 11) is 0. The van der Waals surface area contributed by atoms with Crippen LogP contribution < -0.4 is 0 Å². The minimum atomic E-state index is -0.935. The van der Waals surface area contributed by atoms with Crippen molar-refractivity contribution in [2.24, 2.45) is 0 Å². The SMILES string of the molecule is C=CCOC(=O)N1CC(CC(=O)O)(n2ccc(Br)n2)C1. The Hall–Kier alpha value is -1.83. The molecule has 1 aromatic rings. The molecule has 108 valence electrons. The van der Waals surface area contributed by atoms with Crippen LogP contribution >= 0.6 is 15.9 Å². The summed E-state index contributed by atoms with van der Waals surface area (Å²) in [6.45, 7) is 4.10. The molecule has 0 aliphatic carbocycles. The van der Waals surface area contributed by atoms with Crippen LogP contribution in [0.2, 0.25) is 0 Å². The fourth-order valence-corrected chi connectivity index (χ4v) is 2.49. The van der Waals surface area contributed by atoms with Gasteiger partial charge in [-0.05, 0) is 22.0 Å². The molecule has 1 aromatic heterocycles. The van der Waals surface area contributed by atoms with Gasteiger partial charge in [0.1, 0.15) is 16.7 Å². The minimum absolute atomic E-state index is 0.105. The van der Waals surface area contributed by atoms with Crippen molar-refractivity contribution in [1.82, 2.24) is 14.7 Å². The van der Waals surface area contributed by atoms with Gasteiger partial charge in [-0.1, -0.05) is 12.7 Å². The highest BCUT2D eigenvalue weighted by Crippen LogP contribution is 2.33. The molecule has 1 aliphatic rings. The van der Waals surface area contributed by atoms with Gasteiger partial charge in [-0.25, -0.2) is 4.79 Å². The molecule has 0 unspecified atom stereocenters. The van der Waals surface area contributed by atoms with Crippen molar-refractivity contribution >= 4 is 28.0 Å². The number of likely N-dealkylation sites (tertiary alicyclic amines) is 1. The maximum atomic E-state index is 11.7. The van der Waals surface area contributed by atoms with E-state index in [-0.39, 0.29) is 26.1 Å². The predicted octanol–water partition coefficient (Wildman–Crippen LogP) is 1.45. The van der Waals surface area contributed by atoms with Gasteiger partial charge in [-0.3, -0.25) is 9.48 Å². The van der Waals surface area contributed by atoms with E-state index >= 15 is 0 Å². The molecule has 1 fully saturated rings. The van der Waals surface area contributed by atoms with E-state index in [0.717, 1.165) is 0 Å². The number of carboxylic acid groups (broad SMARTS) is 1. The van der Waals surface area contributed by atoms with E-state index in [1.165, 1.54) is 11.0 Å². The summed E-state index contributed by atoms with van der Waals surface area (Å²) in [6.07, 6.45) is 2.59. The van der Waals surface area contributed by atoms with Crippen molar-refractivity contribution in [2.75, 3.05) is 19.7 Å². The molecule has 0 bridgehead atoms. The van der Waals surface area contributed by atoms with Crippen LogP contribution in [0.1, 0.15) is 6.42 Å². The zero-order chi connectivity index (χ0) is 14.8. The lowest BCUT2D eigenvalue weighted by molar-refractivity contribution is -0.142. The number of aromatic nitrogens is 2. The summed E-state index contributed by atoms with van der Waals surface area (Å²) >= 11 is 3.23. The molecule has 0 aromatic carbocycles. The lowest BCUT2D eigenvalue weighted by Crippen LogP contribution is -2.65. The lowest BCUT2D eigenvalue weighted by Gasteiger charge is -2.48. The molecule has 2 rings (SSSR count). The number of rotatable bonds is 5. The third-order valence-corrected chi connectivity index (χ3v) is 3.50. The Morgan fingerprint density at radius 3 is 2.80 bits per heavy atom. The van der Waals surface area contributed by atoms with Gasteiger partial charge in [-0.15, -0.1) is 0 Å². The number of amides is 1. The third-order valence-electron chi connectivity index (χ3n) is 3.08. The number of nitrogens with zero attached hydrogens (tertiary/aromatic N) is 3. The molecular weight excluding hydrogens is 330 g/mol. The molecule has 1 aliphatic heterocycles. The highest BCUT2D eigenvalue weighted by atomic mass is 79.9. The molecule has 1 amide bonds. The number of halogens is 1. The Labute approximate surface area is 123 Å². The van der Waals surface area contributed by atoms with Crippen LogP contribution in [0.4, 0.5) is 4.79 Å². The van der Waals surface area contributed by atoms with Gasteiger partial charge >= 0.3 is 12.1 Å². The van der Waals surface area contributed by atoms with E-state index in [1.807, 2.05) is 0 Å². The first-order valence-corrected chi connectivity index (χ1v) is 6.72. The van der Waals surface area contributed by atoms with E-state index in [1.54, 1.807) is 16.9 Å². The van der Waals surface area contributed by atoms with Crippen LogP contribution in [0.15, 0.2) is 29.5 Å². The molecule has 0 atom stereocenters. The van der Waals surface area contributed by atoms with E-state index < -0.39 is 17.6 Å². The zero-order valence-electron chi connectivity index (χ0n) is 10.7. The Morgan fingerprint density at radius 1 is 1.60 bits per heavy atom. The first-order valence-electron chi connectivity index (χ1n) is 5.93. The standard InChI is InChI=1S/C12H14BrN3O4/c1-2-5-20-11(19)15-7-12(8-15,6-10(17)18)16-4-3-9(13)14-16/h2-4H,1,5-8H2,(H,17,18). The van der Waals surface area contributed by atoms with Crippen LogP contribution in [0.3, 0.4) is 0 Å². The summed E-state index contributed by atoms with van der Waals surface area (Å²) in [4.78, 5) is 24.1. The number of carbonyl (C=O) groups is 2. The van der Waals surface area contributed by atoms with Gasteiger partial charge in [0.05, 0.1) is 19.5 Å². The van der Waals surface area contributed by atoms with E-state index in [2.05, 4.69) is 27.6 Å². The monoisotopic (exact) mass is 343 g/mol. The van der Waals surface area contributed by atoms with Gasteiger partial charge < -0.3 is 14.7 Å². The largest absolute Gasteiger partial charge is 0.481 e. The zero-order valence-corrected chi connectivity index (χ0v) is 12.2. The van der Waals surface area contributed by atoms with Crippen LogP contribution in [-0.4, -0.2) is 51.5 Å². The number of ether oxygens (including phenoxy) is 1. The first kappa shape index (κ1) is 14.6. The minimum Gasteiger partial charge on any atom is -0.481 e. The van der Waals surface area contributed by atoms with Crippen LogP contribution in [0.25, 0.3) is 0 Å². The van der Waals surface area contributed by atoms with Crippen molar-refractivity contribution in [3.05, 3.63) is 29.5 Å². The Bertz CT molecular complexity index is 537. The number of carboxylic acids is 1. The van der Waals surface area contributed by atoms with E-state index in [4.69, 9.17) is 9.84 Å². The number of hydrogen-bond donors (Lipinski definition) is 1. The molecule has 8 heteroatoms. The van der Waals surface area contributed by atoms with Crippen LogP contribution in [0, 0.1) is 0 Å². The molecule has 1 N–H and O–H groups in total. The first-order chi connectivity index (χ1) is 9.47. The molecule has 1 saturated heterocycles. The maximum Gasteiger partial charge on any atom is 0.410 e. The molecule has 2 heterocycles. The van der Waals surface area contributed by atoms with Gasteiger partial charge in [0.25, 0.3) is 0 Å². The Morgan fingerprint density at radius 2 is 2.30 bits per heavy atom. The summed E-state index contributed by atoms with van der Waals surface area (Å²) in [5.74, 6) is -0.935. The molecule has 20 heavy (non-hydrogen) atoms. The molecular formula is C12H14BrN3O4. The second kappa shape index (κ2) is 5.66. The number of carbonyl (C=O) groups excluding carboxylic acids is 1. The Balaban J connectivity index is 2.08. The van der Waals surface area contributed by atoms with Crippen molar-refractivity contribution in [3.63, 3.8) is 0 Å². The summed E-state index contributed by atoms with van der Waals surface area (Å²) < 4.78 is 7.12. The molecule has 7 nitrogen and oxygen atoms in total. The fraction of sp³-hybridized carbons (Fsp3) is 0.417. The lowest BCUT2D eigenvalue weighted by atomic mass is 9.86. The Kier molecular flexibility index (Phi) is 4.12. The number of hydrogen-bond acceptors (Lipinski definition) is 4. The fourth-order valence-electron chi connectivity index (χ4n) is 2.20. The summed E-state index contributed by atoms with van der Waals surface area (Å²) in [6, 6.07) is 1.72. The van der Waals surface area contributed by atoms with Gasteiger partial charge in [-0.2, -0.15) is 5.10 Å². The average Bonchev–Trinajstić information content (AvgIpc) is 2.76. The van der Waals surface area contributed by atoms with E-state index in [0.29, 0.717) is 4.60 Å². The highest BCUT2D eigenvalue weighted by Gasteiger charge is 2.49. The van der Waals surface area contributed by atoms with E-state index in [9.17, 15) is 9.59 Å². The van der Waals surface area contributed by atoms with Crippen molar-refractivity contribution in [1.29, 1.82) is 0 Å². The molecule has 0 spiro atoms. The molecule has 0 radical (unpaired) electrons. The smallest absolute Gasteiger partial charge is 0.410 e.